The second kappa shape index (κ2) is 10.2. The van der Waals surface area contributed by atoms with Crippen molar-refractivity contribution >= 4 is 35.5 Å². The highest BCUT2D eigenvalue weighted by molar-refractivity contribution is 7.98. The molecule has 0 aromatic carbocycles. The summed E-state index contributed by atoms with van der Waals surface area (Å²) >= 11 is 3.20. The van der Waals surface area contributed by atoms with E-state index in [1.54, 1.807) is 23.5 Å². The van der Waals surface area contributed by atoms with Crippen LogP contribution >= 0.6 is 23.5 Å². The fourth-order valence-electron chi connectivity index (χ4n) is 2.25. The number of carbonyl (C=O) groups excluding carboxylic acids is 2. The van der Waals surface area contributed by atoms with E-state index in [1.165, 1.54) is 0 Å². The number of carbonyl (C=O) groups is 2. The van der Waals surface area contributed by atoms with Crippen LogP contribution in [0.3, 0.4) is 0 Å². The Balaban J connectivity index is 2.91. The van der Waals surface area contributed by atoms with Crippen LogP contribution in [0.4, 0.5) is 0 Å². The summed E-state index contributed by atoms with van der Waals surface area (Å²) in [4.78, 5) is 28.6. The molecule has 0 aliphatic rings. The van der Waals surface area contributed by atoms with Crippen molar-refractivity contribution in [2.24, 2.45) is 0 Å². The van der Waals surface area contributed by atoms with Gasteiger partial charge in [-0.1, -0.05) is 6.07 Å². The lowest BCUT2D eigenvalue weighted by Gasteiger charge is -2.28. The molecule has 0 saturated carbocycles. The van der Waals surface area contributed by atoms with Gasteiger partial charge < -0.3 is 9.47 Å². The molecule has 146 valence electrons. The van der Waals surface area contributed by atoms with E-state index in [4.69, 9.17) is 9.47 Å². The van der Waals surface area contributed by atoms with Gasteiger partial charge in [0.25, 0.3) is 0 Å². The summed E-state index contributed by atoms with van der Waals surface area (Å²) in [6.45, 7) is 7.25. The van der Waals surface area contributed by atoms with Crippen molar-refractivity contribution in [3.05, 3.63) is 29.6 Å². The summed E-state index contributed by atoms with van der Waals surface area (Å²) in [7, 11) is 0. The second-order valence-corrected chi connectivity index (χ2v) is 8.83. The molecule has 0 N–H and O–H groups in total. The van der Waals surface area contributed by atoms with E-state index in [2.05, 4.69) is 4.98 Å². The molecule has 1 heterocycles. The molecule has 1 aromatic rings. The molecule has 0 bridgehead atoms. The van der Waals surface area contributed by atoms with Crippen LogP contribution in [0.2, 0.25) is 0 Å². The summed E-state index contributed by atoms with van der Waals surface area (Å²) in [5, 5.41) is 0. The number of hydrogen-bond donors (Lipinski definition) is 0. The van der Waals surface area contributed by atoms with Crippen LogP contribution in [-0.4, -0.2) is 40.9 Å². The maximum Gasteiger partial charge on any atom is 0.307 e. The fourth-order valence-corrected chi connectivity index (χ4v) is 2.99. The van der Waals surface area contributed by atoms with Gasteiger partial charge in [-0.2, -0.15) is 23.5 Å². The first-order valence-electron chi connectivity index (χ1n) is 8.52. The Morgan fingerprint density at radius 1 is 0.885 bits per heavy atom. The van der Waals surface area contributed by atoms with Crippen molar-refractivity contribution in [1.82, 2.24) is 4.98 Å². The predicted molar refractivity (Wildman–Crippen MR) is 108 cm³/mol. The number of aromatic nitrogens is 1. The zero-order chi connectivity index (χ0) is 19.8. The van der Waals surface area contributed by atoms with E-state index in [0.29, 0.717) is 24.2 Å². The molecule has 0 spiro atoms. The van der Waals surface area contributed by atoms with Crippen LogP contribution in [0.5, 0.6) is 0 Å². The highest BCUT2D eigenvalue weighted by Gasteiger charge is 2.31. The summed E-state index contributed by atoms with van der Waals surface area (Å²) in [6.07, 6.45) is 4.63. The van der Waals surface area contributed by atoms with Gasteiger partial charge in [0.1, 0.15) is 11.2 Å². The molecule has 0 atom stereocenters. The maximum atomic E-state index is 12.0. The molecule has 0 saturated heterocycles. The molecule has 0 aliphatic carbocycles. The Morgan fingerprint density at radius 3 is 1.62 bits per heavy atom. The Hall–Kier alpha value is -1.21. The predicted octanol–water partition coefficient (Wildman–Crippen LogP) is 4.14. The van der Waals surface area contributed by atoms with E-state index in [0.717, 1.165) is 11.5 Å². The standard InChI is InChI=1S/C19H29NO4S2/c1-18(2,23-16(21)10-12-25-5)14-8-7-9-15(20-14)19(3,4)24-17(22)11-13-26-6/h7-9H,10-13H2,1-6H3. The third kappa shape index (κ3) is 7.19. The molecule has 0 radical (unpaired) electrons. The van der Waals surface area contributed by atoms with E-state index >= 15 is 0 Å². The quantitative estimate of drug-likeness (QED) is 0.548. The lowest BCUT2D eigenvalue weighted by Crippen LogP contribution is -2.31. The fraction of sp³-hybridized carbons (Fsp3) is 0.632. The minimum Gasteiger partial charge on any atom is -0.453 e. The molecule has 7 heteroatoms. The highest BCUT2D eigenvalue weighted by atomic mass is 32.2. The molecule has 0 fully saturated rings. The van der Waals surface area contributed by atoms with Crippen LogP contribution in [0.25, 0.3) is 0 Å². The van der Waals surface area contributed by atoms with E-state index in [1.807, 2.05) is 58.4 Å². The first-order chi connectivity index (χ1) is 12.1. The van der Waals surface area contributed by atoms with Crippen LogP contribution in [0, 0.1) is 0 Å². The summed E-state index contributed by atoms with van der Waals surface area (Å²) in [6, 6.07) is 5.47. The van der Waals surface area contributed by atoms with E-state index in [9.17, 15) is 9.59 Å². The zero-order valence-corrected chi connectivity index (χ0v) is 18.1. The monoisotopic (exact) mass is 399 g/mol. The lowest BCUT2D eigenvalue weighted by atomic mass is 9.99. The molecular formula is C19H29NO4S2. The van der Waals surface area contributed by atoms with Crippen LogP contribution in [0.1, 0.15) is 51.9 Å². The number of ether oxygens (including phenoxy) is 2. The second-order valence-electron chi connectivity index (χ2n) is 6.86. The van der Waals surface area contributed by atoms with Crippen molar-refractivity contribution in [1.29, 1.82) is 0 Å². The van der Waals surface area contributed by atoms with E-state index < -0.39 is 11.2 Å². The van der Waals surface area contributed by atoms with Crippen LogP contribution in [-0.2, 0) is 30.3 Å². The zero-order valence-electron chi connectivity index (χ0n) is 16.5. The first-order valence-corrected chi connectivity index (χ1v) is 11.3. The van der Waals surface area contributed by atoms with Crippen molar-refractivity contribution < 1.29 is 19.1 Å². The lowest BCUT2D eigenvalue weighted by molar-refractivity contribution is -0.157. The number of esters is 2. The Bertz CT molecular complexity index is 568. The van der Waals surface area contributed by atoms with Gasteiger partial charge in [0.05, 0.1) is 24.2 Å². The van der Waals surface area contributed by atoms with Crippen LogP contribution < -0.4 is 0 Å². The molecular weight excluding hydrogens is 370 g/mol. The van der Waals surface area contributed by atoms with Gasteiger partial charge in [0.2, 0.25) is 0 Å². The van der Waals surface area contributed by atoms with Crippen LogP contribution in [0.15, 0.2) is 18.2 Å². The Labute approximate surface area is 165 Å². The minimum absolute atomic E-state index is 0.251. The molecule has 5 nitrogen and oxygen atoms in total. The molecule has 1 rings (SSSR count). The van der Waals surface area contributed by atoms with Crippen molar-refractivity contribution in [2.75, 3.05) is 24.0 Å². The normalized spacial score (nSPS) is 11.9. The smallest absolute Gasteiger partial charge is 0.307 e. The molecule has 0 unspecified atom stereocenters. The highest BCUT2D eigenvalue weighted by Crippen LogP contribution is 2.29. The molecule has 0 aliphatic heterocycles. The minimum atomic E-state index is -0.857. The van der Waals surface area contributed by atoms with Crippen molar-refractivity contribution in [2.45, 2.75) is 51.7 Å². The Kier molecular flexibility index (Phi) is 8.96. The number of pyridine rings is 1. The molecule has 1 aromatic heterocycles. The third-order valence-electron chi connectivity index (χ3n) is 3.74. The number of thioether (sulfide) groups is 2. The van der Waals surface area contributed by atoms with Gasteiger partial charge in [0.15, 0.2) is 0 Å². The van der Waals surface area contributed by atoms with Gasteiger partial charge in [-0.05, 0) is 52.3 Å². The summed E-state index contributed by atoms with van der Waals surface area (Å²) in [5.74, 6) is 0.946. The largest absolute Gasteiger partial charge is 0.453 e. The average molecular weight is 400 g/mol. The molecule has 0 amide bonds. The maximum absolute atomic E-state index is 12.0. The topological polar surface area (TPSA) is 65.5 Å². The Morgan fingerprint density at radius 2 is 1.27 bits per heavy atom. The third-order valence-corrected chi connectivity index (χ3v) is 4.97. The van der Waals surface area contributed by atoms with Gasteiger partial charge in [0, 0.05) is 11.5 Å². The number of hydrogen-bond acceptors (Lipinski definition) is 7. The van der Waals surface area contributed by atoms with Crippen molar-refractivity contribution in [3.63, 3.8) is 0 Å². The SMILES string of the molecule is CSCCC(=O)OC(C)(C)c1cccc(C(C)(C)OC(=O)CCSC)n1. The number of rotatable bonds is 10. The summed E-state index contributed by atoms with van der Waals surface area (Å²) < 4.78 is 11.2. The van der Waals surface area contributed by atoms with E-state index in [-0.39, 0.29) is 11.9 Å². The van der Waals surface area contributed by atoms with Gasteiger partial charge in [-0.15, -0.1) is 0 Å². The van der Waals surface area contributed by atoms with Crippen molar-refractivity contribution in [3.8, 4) is 0 Å². The molecule has 26 heavy (non-hydrogen) atoms. The first kappa shape index (κ1) is 22.8. The van der Waals surface area contributed by atoms with Gasteiger partial charge >= 0.3 is 11.9 Å². The summed E-state index contributed by atoms with van der Waals surface area (Å²) in [5.41, 5.74) is -0.462. The van der Waals surface area contributed by atoms with Gasteiger partial charge in [-0.3, -0.25) is 9.59 Å². The number of nitrogens with zero attached hydrogens (tertiary/aromatic N) is 1. The average Bonchev–Trinajstić information content (AvgIpc) is 2.57. The van der Waals surface area contributed by atoms with Gasteiger partial charge in [-0.25, -0.2) is 4.98 Å².